The van der Waals surface area contributed by atoms with Crippen molar-refractivity contribution in [2.75, 3.05) is 39.3 Å². The van der Waals surface area contributed by atoms with E-state index in [-0.39, 0.29) is 46.9 Å². The van der Waals surface area contributed by atoms with Crippen molar-refractivity contribution in [3.8, 4) is 0 Å². The minimum Gasteiger partial charge on any atom is -0.545 e. The van der Waals surface area contributed by atoms with Gasteiger partial charge in [-0.1, -0.05) is 39.8 Å². The third-order valence-corrected chi connectivity index (χ3v) is 7.27. The Labute approximate surface area is 241 Å². The Morgan fingerprint density at radius 2 is 1.31 bits per heavy atom. The fraction of sp³-hybridized carbons (Fsp3) is 0.483. The van der Waals surface area contributed by atoms with Crippen LogP contribution in [0.2, 0.25) is 0 Å². The smallest absolute Gasteiger partial charge is 0.344 e. The van der Waals surface area contributed by atoms with E-state index in [2.05, 4.69) is 37.5 Å². The molecule has 3 rings (SSSR count). The monoisotopic (exact) mass is 580 g/mol. The first kappa shape index (κ1) is 34.4. The van der Waals surface area contributed by atoms with Crippen LogP contribution >= 0.6 is 24.8 Å². The molecule has 0 amide bonds. The lowest BCUT2D eigenvalue weighted by atomic mass is 9.88. The second-order valence-corrected chi connectivity index (χ2v) is 9.24. The Morgan fingerprint density at radius 1 is 0.769 bits per heavy atom. The molecule has 216 valence electrons. The molecule has 0 saturated heterocycles. The lowest BCUT2D eigenvalue weighted by Gasteiger charge is -2.23. The minimum absolute atomic E-state index is 0. The van der Waals surface area contributed by atoms with Crippen molar-refractivity contribution >= 4 is 58.5 Å². The van der Waals surface area contributed by atoms with Crippen LogP contribution in [0, 0.1) is 0 Å². The summed E-state index contributed by atoms with van der Waals surface area (Å²) >= 11 is 0. The molecule has 0 spiro atoms. The van der Waals surface area contributed by atoms with Crippen LogP contribution in [0.4, 0.5) is 0 Å². The zero-order valence-electron chi connectivity index (χ0n) is 23.0. The van der Waals surface area contributed by atoms with Gasteiger partial charge in [0.1, 0.15) is 5.58 Å². The van der Waals surface area contributed by atoms with E-state index in [1.807, 2.05) is 0 Å². The lowest BCUT2D eigenvalue weighted by Crippen LogP contribution is -2.27. The lowest BCUT2D eigenvalue weighted by molar-refractivity contribution is -0.256. The van der Waals surface area contributed by atoms with Crippen molar-refractivity contribution in [3.05, 3.63) is 56.9 Å². The third kappa shape index (κ3) is 7.94. The van der Waals surface area contributed by atoms with E-state index in [1.54, 1.807) is 6.07 Å². The second kappa shape index (κ2) is 15.8. The molecule has 0 fully saturated rings. The van der Waals surface area contributed by atoms with Crippen LogP contribution in [-0.2, 0) is 12.8 Å². The molecule has 39 heavy (non-hydrogen) atoms. The maximum Gasteiger partial charge on any atom is 0.344 e. The second-order valence-electron chi connectivity index (χ2n) is 9.24. The van der Waals surface area contributed by atoms with E-state index in [0.29, 0.717) is 29.2 Å². The number of hydrogen-bond acceptors (Lipinski definition) is 8. The summed E-state index contributed by atoms with van der Waals surface area (Å²) < 4.78 is 5.56. The number of benzene rings is 2. The quantitative estimate of drug-likeness (QED) is 0.211. The predicted octanol–water partition coefficient (Wildman–Crippen LogP) is 3.07. The fourth-order valence-electron chi connectivity index (χ4n) is 5.12. The number of aryl methyl sites for hydroxylation is 1. The van der Waals surface area contributed by atoms with Crippen LogP contribution in [0.5, 0.6) is 0 Å². The number of carbonyl (C=O) groups excluding carboxylic acids is 2. The highest BCUT2D eigenvalue weighted by molar-refractivity contribution is 6.10. The third-order valence-electron chi connectivity index (χ3n) is 7.27. The highest BCUT2D eigenvalue weighted by atomic mass is 35.5. The van der Waals surface area contributed by atoms with Gasteiger partial charge in [0.2, 0.25) is 0 Å². The molecular formula is C29H38Cl2N2O6-2. The molecule has 0 N–H and O–H groups in total. The van der Waals surface area contributed by atoms with Gasteiger partial charge in [0, 0.05) is 16.3 Å². The SMILES string of the molecule is CCN(CC)CCCc1c(C(=O)[O-])cc2oc(=O)c3cc(C(=O)[O-])ccc3c2c1CCCN(CC)CC.Cl.Cl. The van der Waals surface area contributed by atoms with Crippen molar-refractivity contribution in [1.82, 2.24) is 9.80 Å². The van der Waals surface area contributed by atoms with Crippen LogP contribution in [0.25, 0.3) is 21.7 Å². The molecule has 0 aliphatic rings. The van der Waals surface area contributed by atoms with Gasteiger partial charge < -0.3 is 34.0 Å². The van der Waals surface area contributed by atoms with E-state index in [9.17, 15) is 24.6 Å². The van der Waals surface area contributed by atoms with Crippen molar-refractivity contribution in [2.45, 2.75) is 53.4 Å². The van der Waals surface area contributed by atoms with Crippen molar-refractivity contribution < 1.29 is 24.2 Å². The van der Waals surface area contributed by atoms with Gasteiger partial charge in [0.15, 0.2) is 0 Å². The molecule has 10 heteroatoms. The van der Waals surface area contributed by atoms with E-state index >= 15 is 0 Å². The molecule has 1 aromatic heterocycles. The zero-order chi connectivity index (χ0) is 27.1. The van der Waals surface area contributed by atoms with Crippen molar-refractivity contribution in [1.29, 1.82) is 0 Å². The van der Waals surface area contributed by atoms with Gasteiger partial charge in [-0.2, -0.15) is 0 Å². The van der Waals surface area contributed by atoms with Crippen molar-refractivity contribution in [2.24, 2.45) is 0 Å². The predicted molar refractivity (Wildman–Crippen MR) is 155 cm³/mol. The first-order chi connectivity index (χ1) is 17.7. The summed E-state index contributed by atoms with van der Waals surface area (Å²) in [6.07, 6.45) is 2.67. The Balaban J connectivity index is 0.00000380. The molecule has 0 radical (unpaired) electrons. The number of halogens is 2. The van der Waals surface area contributed by atoms with E-state index in [4.69, 9.17) is 4.42 Å². The maximum atomic E-state index is 12.8. The average Bonchev–Trinajstić information content (AvgIpc) is 2.89. The number of hydrogen-bond donors (Lipinski definition) is 0. The Bertz CT molecular complexity index is 1330. The van der Waals surface area contributed by atoms with Crippen molar-refractivity contribution in [3.63, 3.8) is 0 Å². The summed E-state index contributed by atoms with van der Waals surface area (Å²) in [7, 11) is 0. The maximum absolute atomic E-state index is 12.8. The first-order valence-corrected chi connectivity index (χ1v) is 13.2. The highest BCUT2D eigenvalue weighted by Gasteiger charge is 2.20. The number of rotatable bonds is 14. The van der Waals surface area contributed by atoms with Gasteiger partial charge in [-0.05, 0) is 93.8 Å². The largest absolute Gasteiger partial charge is 0.545 e. The molecule has 0 bridgehead atoms. The summed E-state index contributed by atoms with van der Waals surface area (Å²) in [5, 5.41) is 25.0. The Morgan fingerprint density at radius 3 is 1.79 bits per heavy atom. The van der Waals surface area contributed by atoms with Gasteiger partial charge in [0.05, 0.1) is 17.3 Å². The molecule has 2 aromatic carbocycles. The van der Waals surface area contributed by atoms with E-state index < -0.39 is 17.6 Å². The van der Waals surface area contributed by atoms with Gasteiger partial charge in [-0.15, -0.1) is 24.8 Å². The van der Waals surface area contributed by atoms with Gasteiger partial charge >= 0.3 is 5.63 Å². The molecule has 0 aliphatic heterocycles. The first-order valence-electron chi connectivity index (χ1n) is 13.2. The standard InChI is InChI=1S/C29H38N2O6.2ClH/c1-5-30(6-2)15-9-11-20-21(12-10-16-31(7-3)8-4)26-22-14-13-19(27(32)33)17-24(22)29(36)37-25(26)18-23(20)28(34)35;;/h13-14,17-18H,5-12,15-16H2,1-4H3,(H,32,33)(H,34,35);2*1H/p-2. The van der Waals surface area contributed by atoms with Gasteiger partial charge in [-0.25, -0.2) is 4.79 Å². The van der Waals surface area contributed by atoms with E-state index in [0.717, 1.165) is 57.7 Å². The minimum atomic E-state index is -1.38. The number of aromatic carboxylic acids is 2. The topological polar surface area (TPSA) is 117 Å². The Hall–Kier alpha value is -2.65. The number of fused-ring (bicyclic) bond motifs is 3. The molecule has 8 nitrogen and oxygen atoms in total. The molecule has 0 saturated carbocycles. The number of carbonyl (C=O) groups is 2. The fourth-order valence-corrected chi connectivity index (χ4v) is 5.12. The highest BCUT2D eigenvalue weighted by Crippen LogP contribution is 2.33. The van der Waals surface area contributed by atoms with Gasteiger partial charge in [0.25, 0.3) is 0 Å². The zero-order valence-corrected chi connectivity index (χ0v) is 24.7. The molecular weight excluding hydrogens is 543 g/mol. The molecule has 0 atom stereocenters. The summed E-state index contributed by atoms with van der Waals surface area (Å²) in [5.74, 6) is -2.69. The van der Waals surface area contributed by atoms with Crippen LogP contribution in [0.3, 0.4) is 0 Å². The summed E-state index contributed by atoms with van der Waals surface area (Å²) in [4.78, 5) is 41.0. The molecule has 3 aromatic rings. The number of nitrogens with zero attached hydrogens (tertiary/aromatic N) is 2. The van der Waals surface area contributed by atoms with Crippen LogP contribution in [0.15, 0.2) is 33.5 Å². The summed E-state index contributed by atoms with van der Waals surface area (Å²) in [5.41, 5.74) is 0.880. The van der Waals surface area contributed by atoms with Crippen LogP contribution < -0.4 is 15.8 Å². The molecule has 0 aliphatic carbocycles. The Kier molecular flexibility index (Phi) is 13.9. The number of carboxylic acids is 2. The van der Waals surface area contributed by atoms with Crippen LogP contribution in [0.1, 0.15) is 72.4 Å². The molecule has 1 heterocycles. The van der Waals surface area contributed by atoms with Gasteiger partial charge in [-0.3, -0.25) is 0 Å². The van der Waals surface area contributed by atoms with Crippen LogP contribution in [-0.4, -0.2) is 61.0 Å². The normalized spacial score (nSPS) is 11.1. The molecule has 0 unspecified atom stereocenters. The summed E-state index contributed by atoms with van der Waals surface area (Å²) in [6.45, 7) is 13.7. The van der Waals surface area contributed by atoms with E-state index in [1.165, 1.54) is 18.2 Å². The average molecular weight is 582 g/mol. The number of carboxylic acid groups (broad SMARTS) is 2. The summed E-state index contributed by atoms with van der Waals surface area (Å²) in [6, 6.07) is 5.65.